The Hall–Kier alpha value is -2.60. The van der Waals surface area contributed by atoms with Crippen LogP contribution in [0.15, 0.2) is 53.4 Å². The van der Waals surface area contributed by atoms with Crippen LogP contribution in [0.1, 0.15) is 40.1 Å². The number of amides is 2. The standard InChI is InChI=1S/C21H21NO4S/c1-13(2)18(21(25)26-12-14-8-10-15(27-3)11-9-14)22-19(23)16-6-4-5-7-17(16)20(22)24/h4-11,13,18H,12H2,1-3H3/t18-/m1/s1. The predicted octanol–water partition coefficient (Wildman–Crippen LogP) is 3.77. The monoisotopic (exact) mass is 383 g/mol. The fraction of sp³-hybridized carbons (Fsp3) is 0.286. The molecule has 0 aromatic heterocycles. The highest BCUT2D eigenvalue weighted by Crippen LogP contribution is 2.28. The van der Waals surface area contributed by atoms with Gasteiger partial charge in [-0.2, -0.15) is 0 Å². The second-order valence-corrected chi connectivity index (χ2v) is 7.55. The number of carbonyl (C=O) groups excluding carboxylic acids is 3. The quantitative estimate of drug-likeness (QED) is 0.432. The summed E-state index contributed by atoms with van der Waals surface area (Å²) in [5.74, 6) is -1.74. The Morgan fingerprint density at radius 2 is 1.56 bits per heavy atom. The van der Waals surface area contributed by atoms with E-state index in [0.717, 1.165) is 15.4 Å². The minimum atomic E-state index is -0.956. The van der Waals surface area contributed by atoms with Crippen LogP contribution in [0.3, 0.4) is 0 Å². The summed E-state index contributed by atoms with van der Waals surface area (Å²) in [4.78, 5) is 40.3. The van der Waals surface area contributed by atoms with Crippen molar-refractivity contribution in [3.05, 3.63) is 65.2 Å². The molecule has 0 aliphatic carbocycles. The first kappa shape index (κ1) is 19.2. The number of hydrogen-bond donors (Lipinski definition) is 0. The van der Waals surface area contributed by atoms with Gasteiger partial charge in [-0.05, 0) is 42.0 Å². The topological polar surface area (TPSA) is 63.7 Å². The molecular formula is C21H21NO4S. The minimum absolute atomic E-state index is 0.0971. The van der Waals surface area contributed by atoms with Crippen LogP contribution < -0.4 is 0 Å². The summed E-state index contributed by atoms with van der Waals surface area (Å²) in [5.41, 5.74) is 1.51. The summed E-state index contributed by atoms with van der Waals surface area (Å²) in [6.45, 7) is 3.69. The summed E-state index contributed by atoms with van der Waals surface area (Å²) in [7, 11) is 0. The molecule has 0 fully saturated rings. The highest BCUT2D eigenvalue weighted by atomic mass is 32.2. The summed E-state index contributed by atoms with van der Waals surface area (Å²) in [6.07, 6.45) is 1.99. The van der Waals surface area contributed by atoms with E-state index >= 15 is 0 Å². The van der Waals surface area contributed by atoms with Gasteiger partial charge < -0.3 is 4.74 Å². The van der Waals surface area contributed by atoms with Gasteiger partial charge in [0.15, 0.2) is 0 Å². The lowest BCUT2D eigenvalue weighted by Crippen LogP contribution is -2.48. The Bertz CT molecular complexity index is 841. The maximum absolute atomic E-state index is 12.7. The van der Waals surface area contributed by atoms with Gasteiger partial charge in [0.05, 0.1) is 11.1 Å². The molecule has 1 heterocycles. The molecule has 27 heavy (non-hydrogen) atoms. The van der Waals surface area contributed by atoms with Crippen molar-refractivity contribution >= 4 is 29.5 Å². The lowest BCUT2D eigenvalue weighted by atomic mass is 10.0. The van der Waals surface area contributed by atoms with Crippen LogP contribution in [-0.2, 0) is 16.1 Å². The minimum Gasteiger partial charge on any atom is -0.459 e. The predicted molar refractivity (Wildman–Crippen MR) is 104 cm³/mol. The van der Waals surface area contributed by atoms with Crippen molar-refractivity contribution in [3.8, 4) is 0 Å². The fourth-order valence-corrected chi connectivity index (χ4v) is 3.51. The molecule has 2 aromatic rings. The molecule has 0 radical (unpaired) electrons. The highest BCUT2D eigenvalue weighted by Gasteiger charge is 2.44. The normalized spacial score (nSPS) is 14.4. The number of fused-ring (bicyclic) bond motifs is 1. The van der Waals surface area contributed by atoms with Gasteiger partial charge in [-0.25, -0.2) is 4.79 Å². The average Bonchev–Trinajstić information content (AvgIpc) is 2.92. The molecule has 0 saturated heterocycles. The van der Waals surface area contributed by atoms with Crippen LogP contribution in [0.5, 0.6) is 0 Å². The van der Waals surface area contributed by atoms with Crippen LogP contribution in [-0.4, -0.2) is 35.0 Å². The van der Waals surface area contributed by atoms with Crippen molar-refractivity contribution in [2.75, 3.05) is 6.26 Å². The van der Waals surface area contributed by atoms with Crippen LogP contribution in [0.2, 0.25) is 0 Å². The lowest BCUT2D eigenvalue weighted by Gasteiger charge is -2.27. The van der Waals surface area contributed by atoms with E-state index < -0.39 is 23.8 Å². The summed E-state index contributed by atoms with van der Waals surface area (Å²) < 4.78 is 5.44. The summed E-state index contributed by atoms with van der Waals surface area (Å²) in [6, 6.07) is 13.4. The van der Waals surface area contributed by atoms with E-state index in [9.17, 15) is 14.4 Å². The zero-order valence-electron chi connectivity index (χ0n) is 15.5. The Morgan fingerprint density at radius 3 is 2.04 bits per heavy atom. The molecule has 2 aromatic carbocycles. The maximum Gasteiger partial charge on any atom is 0.329 e. The molecule has 1 aliphatic heterocycles. The van der Waals surface area contributed by atoms with Gasteiger partial charge in [0, 0.05) is 4.90 Å². The molecule has 2 amide bonds. The van der Waals surface area contributed by atoms with Gasteiger partial charge in [-0.1, -0.05) is 38.1 Å². The zero-order valence-corrected chi connectivity index (χ0v) is 16.3. The van der Waals surface area contributed by atoms with Gasteiger partial charge in [-0.15, -0.1) is 11.8 Å². The molecule has 0 N–H and O–H groups in total. The van der Waals surface area contributed by atoms with Gasteiger partial charge in [0.2, 0.25) is 0 Å². The number of hydrogen-bond acceptors (Lipinski definition) is 5. The first-order valence-corrected chi connectivity index (χ1v) is 9.93. The highest BCUT2D eigenvalue weighted by molar-refractivity contribution is 7.98. The smallest absolute Gasteiger partial charge is 0.329 e. The van der Waals surface area contributed by atoms with Crippen LogP contribution in [0, 0.1) is 5.92 Å². The molecule has 0 unspecified atom stereocenters. The Labute approximate surface area is 162 Å². The molecule has 1 aliphatic rings. The van der Waals surface area contributed by atoms with Crippen LogP contribution >= 0.6 is 11.8 Å². The van der Waals surface area contributed by atoms with Crippen molar-refractivity contribution in [1.29, 1.82) is 0 Å². The number of nitrogens with zero attached hydrogens (tertiary/aromatic N) is 1. The number of esters is 1. The van der Waals surface area contributed by atoms with E-state index in [1.165, 1.54) is 0 Å². The average molecular weight is 383 g/mol. The van der Waals surface area contributed by atoms with E-state index in [1.54, 1.807) is 49.9 Å². The SMILES string of the molecule is CSc1ccc(COC(=O)[C@@H](C(C)C)N2C(=O)c3ccccc3C2=O)cc1. The second-order valence-electron chi connectivity index (χ2n) is 6.67. The number of imide groups is 1. The van der Waals surface area contributed by atoms with E-state index in [-0.39, 0.29) is 12.5 Å². The molecule has 140 valence electrons. The molecule has 0 spiro atoms. The first-order valence-electron chi connectivity index (χ1n) is 8.70. The molecule has 0 bridgehead atoms. The van der Waals surface area contributed by atoms with Crippen LogP contribution in [0.25, 0.3) is 0 Å². The summed E-state index contributed by atoms with van der Waals surface area (Å²) >= 11 is 1.63. The maximum atomic E-state index is 12.7. The fourth-order valence-electron chi connectivity index (χ4n) is 3.10. The Kier molecular flexibility index (Phi) is 5.65. The van der Waals surface area contributed by atoms with Crippen molar-refractivity contribution < 1.29 is 19.1 Å². The van der Waals surface area contributed by atoms with Crippen LogP contribution in [0.4, 0.5) is 0 Å². The zero-order chi connectivity index (χ0) is 19.6. The molecule has 3 rings (SSSR count). The second kappa shape index (κ2) is 7.96. The number of ether oxygens (including phenoxy) is 1. The van der Waals surface area contributed by atoms with Gasteiger partial charge >= 0.3 is 5.97 Å². The van der Waals surface area contributed by atoms with Gasteiger partial charge in [-0.3, -0.25) is 14.5 Å². The van der Waals surface area contributed by atoms with E-state index in [1.807, 2.05) is 30.5 Å². The Morgan fingerprint density at radius 1 is 1.00 bits per heavy atom. The third-order valence-electron chi connectivity index (χ3n) is 4.52. The lowest BCUT2D eigenvalue weighted by molar-refractivity contribution is -0.151. The van der Waals surface area contributed by atoms with E-state index in [2.05, 4.69) is 0 Å². The number of benzene rings is 2. The number of rotatable bonds is 6. The number of thioether (sulfide) groups is 1. The van der Waals surface area contributed by atoms with Gasteiger partial charge in [0.1, 0.15) is 12.6 Å². The van der Waals surface area contributed by atoms with Crippen molar-refractivity contribution in [2.24, 2.45) is 5.92 Å². The van der Waals surface area contributed by atoms with E-state index in [0.29, 0.717) is 11.1 Å². The van der Waals surface area contributed by atoms with Crippen molar-refractivity contribution in [2.45, 2.75) is 31.4 Å². The molecule has 6 heteroatoms. The molecule has 1 atom stereocenters. The molecule has 0 saturated carbocycles. The molecule has 5 nitrogen and oxygen atoms in total. The third-order valence-corrected chi connectivity index (χ3v) is 5.26. The van der Waals surface area contributed by atoms with Crippen molar-refractivity contribution in [1.82, 2.24) is 4.90 Å². The largest absolute Gasteiger partial charge is 0.459 e. The third kappa shape index (κ3) is 3.76. The van der Waals surface area contributed by atoms with E-state index in [4.69, 9.17) is 4.74 Å². The number of carbonyl (C=O) groups is 3. The summed E-state index contributed by atoms with van der Waals surface area (Å²) in [5, 5.41) is 0. The molecular weight excluding hydrogens is 362 g/mol. The van der Waals surface area contributed by atoms with Crippen molar-refractivity contribution in [3.63, 3.8) is 0 Å². The van der Waals surface area contributed by atoms with Gasteiger partial charge in [0.25, 0.3) is 11.8 Å². The Balaban J connectivity index is 1.76. The first-order chi connectivity index (χ1) is 12.9.